The Morgan fingerprint density at radius 3 is 2.67 bits per heavy atom. The zero-order valence-corrected chi connectivity index (χ0v) is 15.9. The van der Waals surface area contributed by atoms with Gasteiger partial charge in [0.2, 0.25) is 0 Å². The van der Waals surface area contributed by atoms with Gasteiger partial charge in [-0.15, -0.1) is 0 Å². The quantitative estimate of drug-likeness (QED) is 0.644. The van der Waals surface area contributed by atoms with Crippen molar-refractivity contribution in [1.82, 2.24) is 10.3 Å². The minimum atomic E-state index is -0.870. The third-order valence-corrected chi connectivity index (χ3v) is 6.05. The number of benzene rings is 2. The molecule has 2 aromatic carbocycles. The third kappa shape index (κ3) is 3.37. The number of nitrogens with one attached hydrogen (secondary N) is 2. The van der Waals surface area contributed by atoms with Crippen LogP contribution in [0.15, 0.2) is 42.6 Å². The van der Waals surface area contributed by atoms with Crippen LogP contribution in [0.25, 0.3) is 10.9 Å². The van der Waals surface area contributed by atoms with Gasteiger partial charge in [0.15, 0.2) is 0 Å². The number of aromatic amines is 1. The lowest BCUT2D eigenvalue weighted by Gasteiger charge is -2.33. The second kappa shape index (κ2) is 7.20. The third-order valence-electron chi connectivity index (χ3n) is 6.05. The Balaban J connectivity index is 1.66. The first-order valence-corrected chi connectivity index (χ1v) is 9.64. The van der Waals surface area contributed by atoms with Crippen molar-refractivity contribution in [3.05, 3.63) is 70.4 Å². The lowest BCUT2D eigenvalue weighted by molar-refractivity contribution is 0.0697. The maximum atomic E-state index is 11.1. The number of fused-ring (bicyclic) bond motifs is 1. The number of carboxylic acids is 1. The van der Waals surface area contributed by atoms with E-state index < -0.39 is 5.97 Å². The first kappa shape index (κ1) is 17.8. The molecule has 0 saturated carbocycles. The fraction of sp³-hybridized carbons (Fsp3) is 0.348. The minimum Gasteiger partial charge on any atom is -0.478 e. The molecule has 0 radical (unpaired) electrons. The van der Waals surface area contributed by atoms with E-state index in [0.717, 1.165) is 25.9 Å². The highest BCUT2D eigenvalue weighted by atomic mass is 16.4. The van der Waals surface area contributed by atoms with E-state index >= 15 is 0 Å². The van der Waals surface area contributed by atoms with Gasteiger partial charge in [0.25, 0.3) is 0 Å². The Kier molecular flexibility index (Phi) is 4.75. The molecule has 1 aliphatic heterocycles. The number of hydrogen-bond acceptors (Lipinski definition) is 2. The number of H-pyrrole nitrogens is 1. The second-order valence-corrected chi connectivity index (χ2v) is 7.75. The van der Waals surface area contributed by atoms with E-state index in [1.54, 1.807) is 12.1 Å². The zero-order valence-electron chi connectivity index (χ0n) is 15.9. The lowest BCUT2D eigenvalue weighted by atomic mass is 9.77. The molecule has 27 heavy (non-hydrogen) atoms. The molecule has 1 aromatic heterocycles. The maximum absolute atomic E-state index is 11.1. The molecule has 0 bridgehead atoms. The topological polar surface area (TPSA) is 65.1 Å². The Bertz CT molecular complexity index is 972. The van der Waals surface area contributed by atoms with Gasteiger partial charge in [-0.1, -0.05) is 18.2 Å². The summed E-state index contributed by atoms with van der Waals surface area (Å²) in [7, 11) is 0. The van der Waals surface area contributed by atoms with Crippen LogP contribution in [-0.4, -0.2) is 29.1 Å². The first-order chi connectivity index (χ1) is 13.0. The predicted molar refractivity (Wildman–Crippen MR) is 109 cm³/mol. The van der Waals surface area contributed by atoms with Gasteiger partial charge in [0.05, 0.1) is 5.56 Å². The van der Waals surface area contributed by atoms with Crippen LogP contribution < -0.4 is 5.32 Å². The summed E-state index contributed by atoms with van der Waals surface area (Å²) in [4.78, 5) is 14.5. The van der Waals surface area contributed by atoms with E-state index in [0.29, 0.717) is 17.4 Å². The van der Waals surface area contributed by atoms with E-state index in [-0.39, 0.29) is 0 Å². The molecule has 4 heteroatoms. The summed E-state index contributed by atoms with van der Waals surface area (Å²) in [6.07, 6.45) is 4.21. The number of aromatic carboxylic acids is 1. The molecule has 2 atom stereocenters. The van der Waals surface area contributed by atoms with Crippen molar-refractivity contribution in [2.75, 3.05) is 13.1 Å². The van der Waals surface area contributed by atoms with Crippen LogP contribution in [0.1, 0.15) is 45.0 Å². The Morgan fingerprint density at radius 1 is 1.15 bits per heavy atom. The highest BCUT2D eigenvalue weighted by molar-refractivity contribution is 5.88. The van der Waals surface area contributed by atoms with Crippen molar-refractivity contribution in [1.29, 1.82) is 0 Å². The van der Waals surface area contributed by atoms with Crippen molar-refractivity contribution >= 4 is 16.9 Å². The van der Waals surface area contributed by atoms with Gasteiger partial charge in [-0.3, -0.25) is 0 Å². The number of piperidine rings is 1. The Labute approximate surface area is 159 Å². The molecule has 0 spiro atoms. The van der Waals surface area contributed by atoms with E-state index in [2.05, 4.69) is 36.3 Å². The fourth-order valence-corrected chi connectivity index (χ4v) is 4.60. The maximum Gasteiger partial charge on any atom is 0.335 e. The number of rotatable bonds is 4. The van der Waals surface area contributed by atoms with Gasteiger partial charge < -0.3 is 15.4 Å². The van der Waals surface area contributed by atoms with Gasteiger partial charge in [-0.2, -0.15) is 0 Å². The van der Waals surface area contributed by atoms with Crippen LogP contribution in [0.5, 0.6) is 0 Å². The van der Waals surface area contributed by atoms with Crippen molar-refractivity contribution < 1.29 is 9.90 Å². The van der Waals surface area contributed by atoms with Crippen molar-refractivity contribution in [2.45, 2.75) is 32.6 Å². The summed E-state index contributed by atoms with van der Waals surface area (Å²) in [5, 5.41) is 14.0. The van der Waals surface area contributed by atoms with Gasteiger partial charge in [0, 0.05) is 23.6 Å². The highest BCUT2D eigenvalue weighted by Crippen LogP contribution is 2.35. The molecule has 0 unspecified atom stereocenters. The molecule has 4 rings (SSSR count). The zero-order chi connectivity index (χ0) is 19.0. The standard InChI is InChI=1S/C23H26N2O2/c1-14-11-15(2)22-19(8-10-25-22)20(14)12-18-7-9-24-13-21(18)16-3-5-17(6-4-16)23(26)27/h3-6,8,10-11,18,21,24-25H,7,9,12-13H2,1-2H3,(H,26,27)/t18-,21-/m0/s1. The highest BCUT2D eigenvalue weighted by Gasteiger charge is 2.28. The van der Waals surface area contributed by atoms with Crippen LogP contribution in [0.2, 0.25) is 0 Å². The normalized spacial score (nSPS) is 20.1. The van der Waals surface area contributed by atoms with Crippen molar-refractivity contribution in [3.8, 4) is 0 Å². The summed E-state index contributed by atoms with van der Waals surface area (Å²) in [5.74, 6) is 0.0720. The smallest absolute Gasteiger partial charge is 0.335 e. The lowest BCUT2D eigenvalue weighted by Crippen LogP contribution is -2.36. The molecular formula is C23H26N2O2. The summed E-state index contributed by atoms with van der Waals surface area (Å²) >= 11 is 0. The van der Waals surface area contributed by atoms with Crippen LogP contribution in [0.4, 0.5) is 0 Å². The van der Waals surface area contributed by atoms with Crippen LogP contribution >= 0.6 is 0 Å². The summed E-state index contributed by atoms with van der Waals surface area (Å²) < 4.78 is 0. The molecule has 1 saturated heterocycles. The minimum absolute atomic E-state index is 0.350. The number of aryl methyl sites for hydroxylation is 2. The molecule has 3 aromatic rings. The average Bonchev–Trinajstić information content (AvgIpc) is 3.16. The van der Waals surface area contributed by atoms with E-state index in [1.165, 1.54) is 33.2 Å². The molecule has 4 nitrogen and oxygen atoms in total. The van der Waals surface area contributed by atoms with Crippen molar-refractivity contribution in [2.24, 2.45) is 5.92 Å². The molecule has 1 aliphatic rings. The average molecular weight is 362 g/mol. The Hall–Kier alpha value is -2.59. The molecular weight excluding hydrogens is 336 g/mol. The van der Waals surface area contributed by atoms with Crippen molar-refractivity contribution in [3.63, 3.8) is 0 Å². The first-order valence-electron chi connectivity index (χ1n) is 9.64. The number of carbonyl (C=O) groups is 1. The summed E-state index contributed by atoms with van der Waals surface area (Å²) in [5.41, 5.74) is 6.91. The molecule has 1 fully saturated rings. The molecule has 0 amide bonds. The van der Waals surface area contributed by atoms with E-state index in [4.69, 9.17) is 5.11 Å². The SMILES string of the molecule is Cc1cc(C)c2[nH]ccc2c1C[C@@H]1CCNC[C@H]1c1ccc(C(=O)O)cc1. The van der Waals surface area contributed by atoms with Crippen LogP contribution in [0.3, 0.4) is 0 Å². The monoisotopic (exact) mass is 362 g/mol. The summed E-state index contributed by atoms with van der Waals surface area (Å²) in [6, 6.07) is 11.9. The number of hydrogen-bond donors (Lipinski definition) is 3. The molecule has 3 N–H and O–H groups in total. The number of aromatic nitrogens is 1. The van der Waals surface area contributed by atoms with Gasteiger partial charge >= 0.3 is 5.97 Å². The molecule has 0 aliphatic carbocycles. The number of carboxylic acid groups (broad SMARTS) is 1. The largest absolute Gasteiger partial charge is 0.478 e. The second-order valence-electron chi connectivity index (χ2n) is 7.75. The predicted octanol–water partition coefficient (Wildman–Crippen LogP) is 4.42. The van der Waals surface area contributed by atoms with Gasteiger partial charge in [-0.05, 0) is 85.5 Å². The van der Waals surface area contributed by atoms with Crippen LogP contribution in [0, 0.1) is 19.8 Å². The van der Waals surface area contributed by atoms with Gasteiger partial charge in [-0.25, -0.2) is 4.79 Å². The van der Waals surface area contributed by atoms with E-state index in [1.807, 2.05) is 18.3 Å². The summed E-state index contributed by atoms with van der Waals surface area (Å²) in [6.45, 7) is 6.35. The fourth-order valence-electron chi connectivity index (χ4n) is 4.60. The molecule has 2 heterocycles. The van der Waals surface area contributed by atoms with Gasteiger partial charge in [0.1, 0.15) is 0 Å². The molecule has 140 valence electrons. The van der Waals surface area contributed by atoms with E-state index in [9.17, 15) is 4.79 Å². The Morgan fingerprint density at radius 2 is 1.93 bits per heavy atom. The van der Waals surface area contributed by atoms with Crippen LogP contribution in [-0.2, 0) is 6.42 Å².